The van der Waals surface area contributed by atoms with Crippen LogP contribution in [-0.4, -0.2) is 23.2 Å². The summed E-state index contributed by atoms with van der Waals surface area (Å²) in [5.41, 5.74) is 8.32. The predicted octanol–water partition coefficient (Wildman–Crippen LogP) is 1.73. The van der Waals surface area contributed by atoms with Crippen LogP contribution in [0.3, 0.4) is 0 Å². The molecule has 0 unspecified atom stereocenters. The minimum atomic E-state index is -0.727. The molecule has 0 radical (unpaired) electrons. The molecule has 1 aliphatic rings. The maximum atomic E-state index is 11.3. The van der Waals surface area contributed by atoms with Crippen molar-refractivity contribution in [2.75, 3.05) is 22.9 Å². The third-order valence-electron chi connectivity index (χ3n) is 3.82. The molecule has 0 fully saturated rings. The van der Waals surface area contributed by atoms with Gasteiger partial charge in [0.2, 0.25) is 5.91 Å². The van der Waals surface area contributed by atoms with Crippen LogP contribution in [0.25, 0.3) is 0 Å². The van der Waals surface area contributed by atoms with Crippen molar-refractivity contribution in [2.45, 2.75) is 38.7 Å². The van der Waals surface area contributed by atoms with Crippen molar-refractivity contribution < 1.29 is 9.90 Å². The van der Waals surface area contributed by atoms with Gasteiger partial charge in [-0.25, -0.2) is 0 Å². The summed E-state index contributed by atoms with van der Waals surface area (Å²) in [6.07, 6.45) is 1.74. The van der Waals surface area contributed by atoms with Gasteiger partial charge in [-0.2, -0.15) is 0 Å². The molecule has 0 spiro atoms. The highest BCUT2D eigenvalue weighted by atomic mass is 16.3. The molecule has 0 saturated carbocycles. The first-order valence-electron chi connectivity index (χ1n) is 6.66. The molecule has 5 N–H and O–H groups in total. The molecule has 0 bridgehead atoms. The van der Waals surface area contributed by atoms with E-state index in [0.29, 0.717) is 31.5 Å². The van der Waals surface area contributed by atoms with E-state index in [1.807, 2.05) is 26.0 Å². The maximum Gasteiger partial charge on any atom is 0.228 e. The summed E-state index contributed by atoms with van der Waals surface area (Å²) in [4.78, 5) is 11.3. The molecule has 5 nitrogen and oxygen atoms in total. The van der Waals surface area contributed by atoms with E-state index in [4.69, 9.17) is 5.73 Å². The third kappa shape index (κ3) is 2.81. The van der Waals surface area contributed by atoms with Gasteiger partial charge in [-0.15, -0.1) is 0 Å². The number of nitrogen functional groups attached to an aromatic ring is 1. The van der Waals surface area contributed by atoms with Gasteiger partial charge < -0.3 is 21.5 Å². The Kier molecular flexibility index (Phi) is 3.66. The number of hydrogen-bond acceptors (Lipinski definition) is 4. The minimum absolute atomic E-state index is 0.00910. The maximum absolute atomic E-state index is 11.3. The van der Waals surface area contributed by atoms with Crippen molar-refractivity contribution in [3.05, 3.63) is 17.7 Å². The monoisotopic (exact) mass is 263 g/mol. The first-order valence-corrected chi connectivity index (χ1v) is 6.66. The Bertz CT molecular complexity index is 496. The van der Waals surface area contributed by atoms with E-state index < -0.39 is 5.60 Å². The molecule has 0 saturated heterocycles. The fraction of sp³-hybridized carbons (Fsp3) is 0.500. The second-order valence-electron chi connectivity index (χ2n) is 5.11. The van der Waals surface area contributed by atoms with E-state index in [0.717, 1.165) is 16.9 Å². The van der Waals surface area contributed by atoms with Gasteiger partial charge in [0.25, 0.3) is 0 Å². The highest BCUT2D eigenvalue weighted by molar-refractivity contribution is 6.00. The first-order chi connectivity index (χ1) is 8.97. The smallest absolute Gasteiger partial charge is 0.228 e. The lowest BCUT2D eigenvalue weighted by Crippen LogP contribution is -2.35. The number of anilines is 3. The zero-order valence-electron chi connectivity index (χ0n) is 11.4. The molecule has 1 aliphatic heterocycles. The van der Waals surface area contributed by atoms with Crippen molar-refractivity contribution in [1.82, 2.24) is 0 Å². The Hall–Kier alpha value is -1.75. The van der Waals surface area contributed by atoms with Gasteiger partial charge in [0, 0.05) is 12.2 Å². The van der Waals surface area contributed by atoms with E-state index in [1.54, 1.807) is 0 Å². The van der Waals surface area contributed by atoms with Crippen LogP contribution in [0.4, 0.5) is 17.1 Å². The Labute approximate surface area is 113 Å². The van der Waals surface area contributed by atoms with Gasteiger partial charge in [0.15, 0.2) is 0 Å². The number of carbonyl (C=O) groups is 1. The molecular formula is C14H21N3O2. The van der Waals surface area contributed by atoms with Crippen molar-refractivity contribution in [2.24, 2.45) is 0 Å². The highest BCUT2D eigenvalue weighted by Gasteiger charge is 2.23. The lowest BCUT2D eigenvalue weighted by atomic mass is 9.97. The highest BCUT2D eigenvalue weighted by Crippen LogP contribution is 2.32. The molecule has 0 aliphatic carbocycles. The Balaban J connectivity index is 2.14. The van der Waals surface area contributed by atoms with Gasteiger partial charge in [0.05, 0.1) is 23.4 Å². The van der Waals surface area contributed by atoms with Crippen LogP contribution in [0.5, 0.6) is 0 Å². The van der Waals surface area contributed by atoms with Crippen LogP contribution < -0.4 is 16.4 Å². The third-order valence-corrected chi connectivity index (χ3v) is 3.82. The summed E-state index contributed by atoms with van der Waals surface area (Å²) >= 11 is 0. The molecular weight excluding hydrogens is 242 g/mol. The topological polar surface area (TPSA) is 87.4 Å². The molecule has 1 aromatic rings. The molecule has 104 valence electrons. The zero-order chi connectivity index (χ0) is 14.0. The fourth-order valence-electron chi connectivity index (χ4n) is 2.21. The average molecular weight is 263 g/mol. The lowest BCUT2D eigenvalue weighted by Gasteiger charge is -2.26. The molecule has 2 rings (SSSR count). The number of benzene rings is 1. The summed E-state index contributed by atoms with van der Waals surface area (Å²) in [6.45, 7) is 4.35. The van der Waals surface area contributed by atoms with Crippen LogP contribution in [-0.2, 0) is 11.2 Å². The van der Waals surface area contributed by atoms with Crippen molar-refractivity contribution >= 4 is 23.0 Å². The lowest BCUT2D eigenvalue weighted by molar-refractivity contribution is -0.115. The zero-order valence-corrected chi connectivity index (χ0v) is 11.4. The quantitative estimate of drug-likeness (QED) is 0.609. The number of aliphatic hydroxyl groups is 1. The molecule has 1 heterocycles. The molecule has 1 amide bonds. The van der Waals surface area contributed by atoms with Gasteiger partial charge in [0.1, 0.15) is 0 Å². The summed E-state index contributed by atoms with van der Waals surface area (Å²) in [5.74, 6) is -0.00910. The standard InChI is InChI=1S/C14H21N3O2/c1-3-14(19,4-2)8-16-12-7-11-9(5-10(12)15)6-13(18)17-11/h5,7,16,19H,3-4,6,8,15H2,1-2H3,(H,17,18). The molecule has 5 heteroatoms. The average Bonchev–Trinajstić information content (AvgIpc) is 2.74. The SMILES string of the molecule is CCC(O)(CC)CNc1cc2c(cc1N)CC(=O)N2. The van der Waals surface area contributed by atoms with Gasteiger partial charge in [-0.05, 0) is 30.5 Å². The number of hydrogen-bond donors (Lipinski definition) is 4. The molecule has 0 aromatic heterocycles. The molecule has 1 aromatic carbocycles. The van der Waals surface area contributed by atoms with E-state index >= 15 is 0 Å². The largest absolute Gasteiger partial charge is 0.397 e. The Morgan fingerprint density at radius 2 is 2.11 bits per heavy atom. The molecule has 19 heavy (non-hydrogen) atoms. The Morgan fingerprint density at radius 1 is 1.42 bits per heavy atom. The summed E-state index contributed by atoms with van der Waals surface area (Å²) in [7, 11) is 0. The van der Waals surface area contributed by atoms with Crippen molar-refractivity contribution in [1.29, 1.82) is 0 Å². The van der Waals surface area contributed by atoms with Gasteiger partial charge in [-0.1, -0.05) is 13.8 Å². The fourth-order valence-corrected chi connectivity index (χ4v) is 2.21. The number of carbonyl (C=O) groups excluding carboxylic acids is 1. The number of fused-ring (bicyclic) bond motifs is 1. The summed E-state index contributed by atoms with van der Waals surface area (Å²) in [6, 6.07) is 3.65. The van der Waals surface area contributed by atoms with Gasteiger partial charge >= 0.3 is 0 Å². The summed E-state index contributed by atoms with van der Waals surface area (Å²) in [5, 5.41) is 16.2. The number of nitrogens with two attached hydrogens (primary N) is 1. The van der Waals surface area contributed by atoms with Crippen LogP contribution in [0.2, 0.25) is 0 Å². The minimum Gasteiger partial charge on any atom is -0.397 e. The van der Waals surface area contributed by atoms with Crippen LogP contribution in [0.15, 0.2) is 12.1 Å². The van der Waals surface area contributed by atoms with E-state index in [9.17, 15) is 9.90 Å². The number of amides is 1. The second kappa shape index (κ2) is 5.09. The Morgan fingerprint density at radius 3 is 2.74 bits per heavy atom. The summed E-state index contributed by atoms with van der Waals surface area (Å²) < 4.78 is 0. The molecule has 0 atom stereocenters. The second-order valence-corrected chi connectivity index (χ2v) is 5.11. The predicted molar refractivity (Wildman–Crippen MR) is 77.2 cm³/mol. The van der Waals surface area contributed by atoms with Crippen LogP contribution >= 0.6 is 0 Å². The van der Waals surface area contributed by atoms with Crippen molar-refractivity contribution in [3.8, 4) is 0 Å². The van der Waals surface area contributed by atoms with E-state index in [1.165, 1.54) is 0 Å². The number of rotatable bonds is 5. The van der Waals surface area contributed by atoms with Crippen molar-refractivity contribution in [3.63, 3.8) is 0 Å². The van der Waals surface area contributed by atoms with Crippen LogP contribution in [0, 0.1) is 0 Å². The van der Waals surface area contributed by atoms with E-state index in [-0.39, 0.29) is 5.91 Å². The van der Waals surface area contributed by atoms with Crippen LogP contribution in [0.1, 0.15) is 32.3 Å². The van der Waals surface area contributed by atoms with E-state index in [2.05, 4.69) is 10.6 Å². The number of nitrogens with one attached hydrogen (secondary N) is 2. The van der Waals surface area contributed by atoms with Gasteiger partial charge in [-0.3, -0.25) is 4.79 Å². The normalized spacial score (nSPS) is 14.2. The first kappa shape index (κ1) is 13.7.